The van der Waals surface area contributed by atoms with Crippen LogP contribution in [0.4, 0.5) is 0 Å². The van der Waals surface area contributed by atoms with Gasteiger partial charge in [0, 0.05) is 24.6 Å². The van der Waals surface area contributed by atoms with Crippen molar-refractivity contribution in [1.82, 2.24) is 14.9 Å². The molecule has 3 nitrogen and oxygen atoms in total. The maximum atomic E-state index is 4.89. The quantitative estimate of drug-likeness (QED) is 0.849. The van der Waals surface area contributed by atoms with E-state index in [1.165, 1.54) is 63.3 Å². The SMILES string of the molecule is CCc1nc2n(c1C1CCNCC1)CCCC2. The van der Waals surface area contributed by atoms with Crippen molar-refractivity contribution < 1.29 is 0 Å². The van der Waals surface area contributed by atoms with Crippen LogP contribution in [0.2, 0.25) is 0 Å². The van der Waals surface area contributed by atoms with Gasteiger partial charge in [-0.05, 0) is 45.2 Å². The van der Waals surface area contributed by atoms with Gasteiger partial charge >= 0.3 is 0 Å². The molecule has 0 radical (unpaired) electrons. The van der Waals surface area contributed by atoms with Gasteiger partial charge in [0.1, 0.15) is 5.82 Å². The average Bonchev–Trinajstić information content (AvgIpc) is 2.78. The third kappa shape index (κ3) is 2.01. The van der Waals surface area contributed by atoms with Crippen molar-refractivity contribution in [2.24, 2.45) is 0 Å². The van der Waals surface area contributed by atoms with E-state index in [9.17, 15) is 0 Å². The lowest BCUT2D eigenvalue weighted by atomic mass is 9.92. The lowest BCUT2D eigenvalue weighted by Crippen LogP contribution is -2.28. The molecule has 94 valence electrons. The number of rotatable bonds is 2. The van der Waals surface area contributed by atoms with Gasteiger partial charge in [0.05, 0.1) is 5.69 Å². The summed E-state index contributed by atoms with van der Waals surface area (Å²) in [5.41, 5.74) is 2.97. The van der Waals surface area contributed by atoms with Crippen molar-refractivity contribution in [3.8, 4) is 0 Å². The average molecular weight is 233 g/mol. The van der Waals surface area contributed by atoms with Crippen molar-refractivity contribution in [1.29, 1.82) is 0 Å². The van der Waals surface area contributed by atoms with E-state index in [4.69, 9.17) is 4.98 Å². The summed E-state index contributed by atoms with van der Waals surface area (Å²) in [6.45, 7) is 5.81. The van der Waals surface area contributed by atoms with E-state index in [1.807, 2.05) is 0 Å². The van der Waals surface area contributed by atoms with Crippen LogP contribution >= 0.6 is 0 Å². The number of fused-ring (bicyclic) bond motifs is 1. The van der Waals surface area contributed by atoms with Crippen LogP contribution in [-0.4, -0.2) is 22.6 Å². The molecule has 0 amide bonds. The second-order valence-corrected chi connectivity index (χ2v) is 5.35. The van der Waals surface area contributed by atoms with Crippen LogP contribution in [0.25, 0.3) is 0 Å². The lowest BCUT2D eigenvalue weighted by molar-refractivity contribution is 0.421. The van der Waals surface area contributed by atoms with Gasteiger partial charge in [-0.3, -0.25) is 0 Å². The van der Waals surface area contributed by atoms with Gasteiger partial charge in [-0.25, -0.2) is 4.98 Å². The second kappa shape index (κ2) is 4.81. The molecule has 0 unspecified atom stereocenters. The van der Waals surface area contributed by atoms with Crippen LogP contribution < -0.4 is 5.32 Å². The van der Waals surface area contributed by atoms with Gasteiger partial charge in [-0.1, -0.05) is 6.92 Å². The van der Waals surface area contributed by atoms with E-state index in [0.29, 0.717) is 0 Å². The first-order valence-electron chi connectivity index (χ1n) is 7.19. The van der Waals surface area contributed by atoms with Gasteiger partial charge in [0.15, 0.2) is 0 Å². The van der Waals surface area contributed by atoms with Gasteiger partial charge in [0.25, 0.3) is 0 Å². The van der Waals surface area contributed by atoms with Crippen LogP contribution in [0.3, 0.4) is 0 Å². The summed E-state index contributed by atoms with van der Waals surface area (Å²) in [6.07, 6.45) is 7.53. The Hall–Kier alpha value is -0.830. The lowest BCUT2D eigenvalue weighted by Gasteiger charge is -2.26. The number of hydrogen-bond acceptors (Lipinski definition) is 2. The first kappa shape index (κ1) is 11.3. The third-order valence-electron chi connectivity index (χ3n) is 4.25. The summed E-state index contributed by atoms with van der Waals surface area (Å²) in [5.74, 6) is 2.12. The Morgan fingerprint density at radius 3 is 2.88 bits per heavy atom. The normalized spacial score (nSPS) is 21.5. The summed E-state index contributed by atoms with van der Waals surface area (Å²) >= 11 is 0. The molecule has 0 spiro atoms. The summed E-state index contributed by atoms with van der Waals surface area (Å²) in [4.78, 5) is 4.89. The zero-order valence-electron chi connectivity index (χ0n) is 10.8. The molecule has 0 saturated carbocycles. The molecule has 1 fully saturated rings. The highest BCUT2D eigenvalue weighted by Gasteiger charge is 2.26. The highest BCUT2D eigenvalue weighted by Crippen LogP contribution is 2.31. The molecule has 2 aliphatic heterocycles. The molecule has 17 heavy (non-hydrogen) atoms. The molecule has 1 saturated heterocycles. The monoisotopic (exact) mass is 233 g/mol. The van der Waals surface area contributed by atoms with E-state index < -0.39 is 0 Å². The molecular formula is C14H23N3. The second-order valence-electron chi connectivity index (χ2n) is 5.35. The summed E-state index contributed by atoms with van der Waals surface area (Å²) in [7, 11) is 0. The zero-order chi connectivity index (χ0) is 11.7. The fraction of sp³-hybridized carbons (Fsp3) is 0.786. The molecule has 0 aliphatic carbocycles. The Bertz CT molecular complexity index is 388. The van der Waals surface area contributed by atoms with Crippen molar-refractivity contribution in [3.05, 3.63) is 17.2 Å². The first-order valence-corrected chi connectivity index (χ1v) is 7.19. The number of aromatic nitrogens is 2. The molecule has 3 heteroatoms. The Morgan fingerprint density at radius 1 is 1.29 bits per heavy atom. The summed E-state index contributed by atoms with van der Waals surface area (Å²) < 4.78 is 2.55. The first-order chi connectivity index (χ1) is 8.40. The number of aryl methyl sites for hydroxylation is 2. The summed E-state index contributed by atoms with van der Waals surface area (Å²) in [6, 6.07) is 0. The van der Waals surface area contributed by atoms with Gasteiger partial charge < -0.3 is 9.88 Å². The van der Waals surface area contributed by atoms with Crippen molar-refractivity contribution in [2.75, 3.05) is 13.1 Å². The van der Waals surface area contributed by atoms with E-state index in [1.54, 1.807) is 5.69 Å². The molecule has 1 N–H and O–H groups in total. The van der Waals surface area contributed by atoms with E-state index in [2.05, 4.69) is 16.8 Å². The molecule has 2 aliphatic rings. The number of nitrogens with one attached hydrogen (secondary N) is 1. The Kier molecular flexibility index (Phi) is 3.19. The van der Waals surface area contributed by atoms with E-state index in [0.717, 1.165) is 12.3 Å². The molecule has 0 atom stereocenters. The van der Waals surface area contributed by atoms with Crippen LogP contribution in [0.1, 0.15) is 55.7 Å². The van der Waals surface area contributed by atoms with Crippen molar-refractivity contribution in [2.45, 2.75) is 57.9 Å². The molecule has 1 aromatic rings. The maximum Gasteiger partial charge on any atom is 0.109 e. The van der Waals surface area contributed by atoms with Gasteiger partial charge in [-0.2, -0.15) is 0 Å². The molecule has 3 heterocycles. The minimum atomic E-state index is 0.755. The predicted octanol–water partition coefficient (Wildman–Crippen LogP) is 2.25. The van der Waals surface area contributed by atoms with E-state index >= 15 is 0 Å². The smallest absolute Gasteiger partial charge is 0.109 e. The molecule has 3 rings (SSSR count). The number of imidazole rings is 1. The topological polar surface area (TPSA) is 29.9 Å². The van der Waals surface area contributed by atoms with Crippen LogP contribution in [-0.2, 0) is 19.4 Å². The van der Waals surface area contributed by atoms with E-state index in [-0.39, 0.29) is 0 Å². The van der Waals surface area contributed by atoms with Gasteiger partial charge in [0.2, 0.25) is 0 Å². The minimum Gasteiger partial charge on any atom is -0.331 e. The third-order valence-corrected chi connectivity index (χ3v) is 4.25. The molecule has 1 aromatic heterocycles. The van der Waals surface area contributed by atoms with Crippen molar-refractivity contribution in [3.63, 3.8) is 0 Å². The van der Waals surface area contributed by atoms with Gasteiger partial charge in [-0.15, -0.1) is 0 Å². The largest absolute Gasteiger partial charge is 0.331 e. The number of hydrogen-bond donors (Lipinski definition) is 1. The molecule has 0 aromatic carbocycles. The Morgan fingerprint density at radius 2 is 2.12 bits per heavy atom. The van der Waals surface area contributed by atoms with Crippen LogP contribution in [0, 0.1) is 0 Å². The van der Waals surface area contributed by atoms with Crippen molar-refractivity contribution >= 4 is 0 Å². The Balaban J connectivity index is 1.97. The fourth-order valence-electron chi connectivity index (χ4n) is 3.37. The number of piperidine rings is 1. The molecular weight excluding hydrogens is 210 g/mol. The fourth-order valence-corrected chi connectivity index (χ4v) is 3.37. The summed E-state index contributed by atoms with van der Waals surface area (Å²) in [5, 5.41) is 3.46. The zero-order valence-corrected chi connectivity index (χ0v) is 10.8. The maximum absolute atomic E-state index is 4.89. The van der Waals surface area contributed by atoms with Crippen LogP contribution in [0.15, 0.2) is 0 Å². The number of nitrogens with zero attached hydrogens (tertiary/aromatic N) is 2. The highest BCUT2D eigenvalue weighted by molar-refractivity contribution is 5.23. The van der Waals surface area contributed by atoms with Crippen LogP contribution in [0.5, 0.6) is 0 Å². The Labute approximate surface area is 104 Å². The highest BCUT2D eigenvalue weighted by atomic mass is 15.1. The predicted molar refractivity (Wildman–Crippen MR) is 69.4 cm³/mol. The molecule has 0 bridgehead atoms. The standard InChI is InChI=1S/C14H23N3/c1-2-12-14(11-6-8-15-9-7-11)17-10-4-3-5-13(17)16-12/h11,15H,2-10H2,1H3. The minimum absolute atomic E-state index is 0.755.